The van der Waals surface area contributed by atoms with Gasteiger partial charge < -0.3 is 0 Å². The molecule has 1 saturated heterocycles. The fraction of sp³-hybridized carbons (Fsp3) is 0.278. The Morgan fingerprint density at radius 1 is 1.08 bits per heavy atom. The van der Waals surface area contributed by atoms with Crippen molar-refractivity contribution in [3.63, 3.8) is 0 Å². The summed E-state index contributed by atoms with van der Waals surface area (Å²) in [6, 6.07) is 14.3. The van der Waals surface area contributed by atoms with Gasteiger partial charge >= 0.3 is 0 Å². The Bertz CT molecular complexity index is 760. The van der Waals surface area contributed by atoms with Crippen LogP contribution < -0.4 is 0 Å². The number of hydrogen-bond acceptors (Lipinski definition) is 5. The van der Waals surface area contributed by atoms with E-state index in [0.29, 0.717) is 0 Å². The summed E-state index contributed by atoms with van der Waals surface area (Å²) in [5, 5.41) is 17.9. The van der Waals surface area contributed by atoms with Crippen LogP contribution in [0.3, 0.4) is 0 Å². The third-order valence-corrected chi connectivity index (χ3v) is 4.54. The van der Waals surface area contributed by atoms with Crippen molar-refractivity contribution in [3.8, 4) is 0 Å². The fourth-order valence-corrected chi connectivity index (χ4v) is 2.90. The maximum Gasteiger partial charge on any atom is 0.269 e. The monoisotopic (exact) mass is 394 g/mol. The molecule has 26 heavy (non-hydrogen) atoms. The first-order chi connectivity index (χ1) is 12.1. The van der Waals surface area contributed by atoms with Crippen molar-refractivity contribution in [2.24, 2.45) is 5.10 Å². The second-order valence-electron chi connectivity index (χ2n) is 5.91. The molecule has 0 aromatic heterocycles. The molecule has 1 aliphatic rings. The lowest BCUT2D eigenvalue weighted by Gasteiger charge is -2.33. The Morgan fingerprint density at radius 2 is 1.73 bits per heavy atom. The summed E-state index contributed by atoms with van der Waals surface area (Å²) in [5.41, 5.74) is 2.08. The van der Waals surface area contributed by atoms with Crippen LogP contribution in [-0.4, -0.2) is 47.2 Å². The zero-order valence-electron chi connectivity index (χ0n) is 14.1. The van der Waals surface area contributed by atoms with Crippen LogP contribution in [0.1, 0.15) is 11.1 Å². The van der Waals surface area contributed by atoms with Gasteiger partial charge in [0.2, 0.25) is 0 Å². The average molecular weight is 395 g/mol. The number of non-ortho nitro benzene ring substituents is 1. The first-order valence-electron chi connectivity index (χ1n) is 8.11. The highest BCUT2D eigenvalue weighted by molar-refractivity contribution is 6.31. The fourth-order valence-electron chi connectivity index (χ4n) is 2.71. The largest absolute Gasteiger partial charge is 0.295 e. The van der Waals surface area contributed by atoms with Crippen LogP contribution in [0.4, 0.5) is 5.69 Å². The van der Waals surface area contributed by atoms with Gasteiger partial charge in [-0.3, -0.25) is 20.0 Å². The van der Waals surface area contributed by atoms with Gasteiger partial charge in [0.15, 0.2) is 0 Å². The van der Waals surface area contributed by atoms with E-state index in [0.717, 1.165) is 48.9 Å². The first-order valence-corrected chi connectivity index (χ1v) is 8.49. The van der Waals surface area contributed by atoms with Crippen molar-refractivity contribution < 1.29 is 4.92 Å². The Hall–Kier alpha value is -2.15. The Balaban J connectivity index is 0.00000243. The molecular formula is C18H20Cl2N4O2. The van der Waals surface area contributed by atoms with Crippen LogP contribution in [0.15, 0.2) is 53.6 Å². The minimum Gasteiger partial charge on any atom is -0.295 e. The number of nitrogens with zero attached hydrogens (tertiary/aromatic N) is 4. The molecule has 0 atom stereocenters. The van der Waals surface area contributed by atoms with E-state index in [1.54, 1.807) is 18.3 Å². The van der Waals surface area contributed by atoms with Crippen LogP contribution in [0.5, 0.6) is 0 Å². The van der Waals surface area contributed by atoms with Crippen LogP contribution >= 0.6 is 24.0 Å². The third kappa shape index (κ3) is 5.42. The second-order valence-corrected chi connectivity index (χ2v) is 6.32. The SMILES string of the molecule is Cl.O=[N+]([O-])c1ccc(/C=N/N2CCN(Cc3ccccc3Cl)CC2)cc1. The maximum atomic E-state index is 10.7. The Labute approximate surface area is 163 Å². The minimum absolute atomic E-state index is 0. The Morgan fingerprint density at radius 3 is 2.35 bits per heavy atom. The van der Waals surface area contributed by atoms with E-state index < -0.39 is 4.92 Å². The third-order valence-electron chi connectivity index (χ3n) is 4.17. The van der Waals surface area contributed by atoms with E-state index in [2.05, 4.69) is 16.1 Å². The van der Waals surface area contributed by atoms with Gasteiger partial charge in [0, 0.05) is 49.9 Å². The molecule has 1 heterocycles. The number of piperazine rings is 1. The summed E-state index contributed by atoms with van der Waals surface area (Å²) in [7, 11) is 0. The summed E-state index contributed by atoms with van der Waals surface area (Å²) >= 11 is 6.22. The molecule has 0 amide bonds. The van der Waals surface area contributed by atoms with E-state index in [1.165, 1.54) is 12.1 Å². The molecule has 6 nitrogen and oxygen atoms in total. The van der Waals surface area contributed by atoms with Gasteiger partial charge in [0.1, 0.15) is 0 Å². The average Bonchev–Trinajstić information content (AvgIpc) is 2.63. The molecule has 1 aliphatic heterocycles. The molecule has 2 aromatic rings. The molecule has 1 fully saturated rings. The van der Waals surface area contributed by atoms with Crippen molar-refractivity contribution in [2.45, 2.75) is 6.54 Å². The van der Waals surface area contributed by atoms with Crippen molar-refractivity contribution in [1.82, 2.24) is 9.91 Å². The summed E-state index contributed by atoms with van der Waals surface area (Å²) in [6.07, 6.45) is 1.74. The maximum absolute atomic E-state index is 10.7. The van der Waals surface area contributed by atoms with Gasteiger partial charge in [0.25, 0.3) is 5.69 Å². The Kier molecular flexibility index (Phi) is 7.38. The predicted octanol–water partition coefficient (Wildman–Crippen LogP) is 3.82. The number of hydrogen-bond donors (Lipinski definition) is 0. The molecule has 0 N–H and O–H groups in total. The highest BCUT2D eigenvalue weighted by Gasteiger charge is 2.16. The molecule has 0 unspecified atom stereocenters. The highest BCUT2D eigenvalue weighted by atomic mass is 35.5. The van der Waals surface area contributed by atoms with Gasteiger partial charge in [-0.15, -0.1) is 12.4 Å². The zero-order chi connectivity index (χ0) is 17.6. The quantitative estimate of drug-likeness (QED) is 0.439. The van der Waals surface area contributed by atoms with Crippen LogP contribution in [0.2, 0.25) is 5.02 Å². The lowest BCUT2D eigenvalue weighted by molar-refractivity contribution is -0.384. The summed E-state index contributed by atoms with van der Waals surface area (Å²) < 4.78 is 0. The number of nitro groups is 1. The van der Waals surface area contributed by atoms with Crippen molar-refractivity contribution in [2.75, 3.05) is 26.2 Å². The van der Waals surface area contributed by atoms with Crippen molar-refractivity contribution in [1.29, 1.82) is 0 Å². The highest BCUT2D eigenvalue weighted by Crippen LogP contribution is 2.18. The minimum atomic E-state index is -0.404. The van der Waals surface area contributed by atoms with Crippen molar-refractivity contribution in [3.05, 3.63) is 74.8 Å². The number of hydrazone groups is 1. The van der Waals surface area contributed by atoms with Gasteiger partial charge in [0.05, 0.1) is 11.1 Å². The van der Waals surface area contributed by atoms with E-state index in [1.807, 2.05) is 23.2 Å². The first kappa shape index (κ1) is 20.2. The molecule has 0 spiro atoms. The molecule has 0 bridgehead atoms. The van der Waals surface area contributed by atoms with E-state index in [-0.39, 0.29) is 18.1 Å². The van der Waals surface area contributed by atoms with E-state index in [4.69, 9.17) is 11.6 Å². The smallest absolute Gasteiger partial charge is 0.269 e. The normalized spacial score (nSPS) is 15.0. The van der Waals surface area contributed by atoms with Crippen LogP contribution in [0, 0.1) is 10.1 Å². The molecular weight excluding hydrogens is 375 g/mol. The van der Waals surface area contributed by atoms with Gasteiger partial charge in [-0.25, -0.2) is 0 Å². The number of nitro benzene ring substituents is 1. The molecule has 8 heteroatoms. The standard InChI is InChI=1S/C18H19ClN4O2.ClH/c19-18-4-2-1-3-16(18)14-21-9-11-22(12-10-21)20-13-15-5-7-17(8-6-15)23(24)25;/h1-8,13H,9-12,14H2;1H/b20-13+;. The van der Waals surface area contributed by atoms with Crippen molar-refractivity contribution >= 4 is 35.9 Å². The predicted molar refractivity (Wildman–Crippen MR) is 106 cm³/mol. The number of benzene rings is 2. The molecule has 3 rings (SSSR count). The topological polar surface area (TPSA) is 62.0 Å². The molecule has 0 radical (unpaired) electrons. The summed E-state index contributed by atoms with van der Waals surface area (Å²) in [6.45, 7) is 4.37. The molecule has 0 saturated carbocycles. The lowest BCUT2D eigenvalue weighted by Crippen LogP contribution is -2.43. The number of rotatable bonds is 5. The lowest BCUT2D eigenvalue weighted by atomic mass is 10.2. The molecule has 138 valence electrons. The molecule has 0 aliphatic carbocycles. The molecule has 2 aromatic carbocycles. The number of halogens is 2. The zero-order valence-corrected chi connectivity index (χ0v) is 15.7. The van der Waals surface area contributed by atoms with E-state index >= 15 is 0 Å². The van der Waals surface area contributed by atoms with E-state index in [9.17, 15) is 10.1 Å². The van der Waals surface area contributed by atoms with Crippen LogP contribution in [-0.2, 0) is 6.54 Å². The summed E-state index contributed by atoms with van der Waals surface area (Å²) in [4.78, 5) is 12.6. The van der Waals surface area contributed by atoms with Crippen LogP contribution in [0.25, 0.3) is 0 Å². The van der Waals surface area contributed by atoms with Gasteiger partial charge in [-0.05, 0) is 29.3 Å². The van der Waals surface area contributed by atoms with Gasteiger partial charge in [-0.2, -0.15) is 5.10 Å². The second kappa shape index (κ2) is 9.52. The van der Waals surface area contributed by atoms with Gasteiger partial charge in [-0.1, -0.05) is 29.8 Å². The summed E-state index contributed by atoms with van der Waals surface area (Å²) in [5.74, 6) is 0.